The maximum absolute atomic E-state index is 10.8. The summed E-state index contributed by atoms with van der Waals surface area (Å²) in [4.78, 5) is 10.8. The number of carbonyl (C=O) groups excluding carboxylic acids is 1. The van der Waals surface area contributed by atoms with Crippen LogP contribution in [0.3, 0.4) is 0 Å². The molecule has 3 saturated carbocycles. The van der Waals surface area contributed by atoms with E-state index in [0.717, 1.165) is 35.5 Å². The Morgan fingerprint density at radius 1 is 1.14 bits per heavy atom. The first-order chi connectivity index (χ1) is 6.81. The van der Waals surface area contributed by atoms with Crippen molar-refractivity contribution in [3.8, 4) is 0 Å². The molecule has 3 fully saturated rings. The van der Waals surface area contributed by atoms with E-state index in [0.29, 0.717) is 5.92 Å². The van der Waals surface area contributed by atoms with Crippen molar-refractivity contribution in [1.82, 2.24) is 0 Å². The average Bonchev–Trinajstić information content (AvgIpc) is 2.86. The lowest BCUT2D eigenvalue weighted by Crippen LogP contribution is -2.25. The summed E-state index contributed by atoms with van der Waals surface area (Å²) in [7, 11) is 0. The Bertz CT molecular complexity index is 281. The van der Waals surface area contributed by atoms with E-state index in [1.807, 2.05) is 0 Å². The smallest absolute Gasteiger partial charge is 0.145 e. The van der Waals surface area contributed by atoms with E-state index >= 15 is 0 Å². The van der Waals surface area contributed by atoms with Gasteiger partial charge in [-0.15, -0.1) is 0 Å². The summed E-state index contributed by atoms with van der Waals surface area (Å²) in [5, 5.41) is 0. The molecule has 76 valence electrons. The van der Waals surface area contributed by atoms with Gasteiger partial charge in [0.15, 0.2) is 0 Å². The fourth-order valence-corrected chi connectivity index (χ4v) is 4.58. The molecule has 2 bridgehead atoms. The summed E-state index contributed by atoms with van der Waals surface area (Å²) in [6.45, 7) is 3.92. The quantitative estimate of drug-likeness (QED) is 0.483. The minimum Gasteiger partial charge on any atom is -0.298 e. The predicted molar refractivity (Wildman–Crippen MR) is 55.7 cm³/mol. The van der Waals surface area contributed by atoms with Gasteiger partial charge < -0.3 is 0 Å². The molecule has 0 saturated heterocycles. The Kier molecular flexibility index (Phi) is 1.83. The van der Waals surface area contributed by atoms with Gasteiger partial charge in [-0.05, 0) is 60.8 Å². The highest BCUT2D eigenvalue weighted by Gasteiger charge is 2.53. The van der Waals surface area contributed by atoms with Crippen molar-refractivity contribution in [2.24, 2.45) is 29.6 Å². The second kappa shape index (κ2) is 2.95. The highest BCUT2D eigenvalue weighted by Crippen LogP contribution is 2.61. The average molecular weight is 190 g/mol. The molecule has 1 heteroatoms. The Labute approximate surface area is 85.6 Å². The van der Waals surface area contributed by atoms with Crippen molar-refractivity contribution in [2.45, 2.75) is 32.1 Å². The molecular weight excluding hydrogens is 172 g/mol. The van der Waals surface area contributed by atoms with E-state index in [2.05, 4.69) is 6.58 Å². The minimum atomic E-state index is 0.553. The van der Waals surface area contributed by atoms with Gasteiger partial charge in [0.05, 0.1) is 0 Å². The van der Waals surface area contributed by atoms with Gasteiger partial charge in [0, 0.05) is 0 Å². The number of rotatable bonds is 2. The zero-order chi connectivity index (χ0) is 9.71. The summed E-state index contributed by atoms with van der Waals surface area (Å²) in [6, 6.07) is 0. The number of carbonyl (C=O) groups is 1. The van der Waals surface area contributed by atoms with Crippen LogP contribution in [0, 0.1) is 29.6 Å². The van der Waals surface area contributed by atoms with Crippen LogP contribution in [0.15, 0.2) is 12.2 Å². The van der Waals surface area contributed by atoms with E-state index in [4.69, 9.17) is 0 Å². The lowest BCUT2D eigenvalue weighted by molar-refractivity contribution is -0.105. The molecule has 3 aliphatic rings. The lowest BCUT2D eigenvalue weighted by Gasteiger charge is -2.31. The third kappa shape index (κ3) is 0.986. The summed E-state index contributed by atoms with van der Waals surface area (Å²) >= 11 is 0. The standard InChI is InChI=1S/C13H18O/c1-8(7-14)12-5-9-6-13(12)11-4-2-3-10(9)11/h7,9-13H,1-6H2. The van der Waals surface area contributed by atoms with Crippen molar-refractivity contribution in [3.05, 3.63) is 12.2 Å². The van der Waals surface area contributed by atoms with Crippen LogP contribution < -0.4 is 0 Å². The minimum absolute atomic E-state index is 0.553. The first-order valence-corrected chi connectivity index (χ1v) is 5.95. The lowest BCUT2D eigenvalue weighted by atomic mass is 9.73. The highest BCUT2D eigenvalue weighted by molar-refractivity contribution is 5.73. The molecule has 5 unspecified atom stereocenters. The normalized spacial score (nSPS) is 49.3. The summed E-state index contributed by atoms with van der Waals surface area (Å²) in [5.41, 5.74) is 0.878. The number of aldehydes is 1. The molecule has 5 atom stereocenters. The molecule has 0 spiro atoms. The third-order valence-electron chi connectivity index (χ3n) is 5.06. The Balaban J connectivity index is 1.83. The number of hydrogen-bond acceptors (Lipinski definition) is 1. The van der Waals surface area contributed by atoms with E-state index in [1.165, 1.54) is 32.1 Å². The van der Waals surface area contributed by atoms with Crippen molar-refractivity contribution in [3.63, 3.8) is 0 Å². The Hall–Kier alpha value is -0.590. The maximum atomic E-state index is 10.8. The zero-order valence-electron chi connectivity index (χ0n) is 8.61. The third-order valence-corrected chi connectivity index (χ3v) is 5.06. The SMILES string of the molecule is C=C(C=O)C1CC2CC1C1CCCC21. The molecule has 0 radical (unpaired) electrons. The molecule has 0 heterocycles. The van der Waals surface area contributed by atoms with Crippen LogP contribution in [-0.2, 0) is 4.79 Å². The molecule has 3 aliphatic carbocycles. The molecular formula is C13H18O. The van der Waals surface area contributed by atoms with Crippen molar-refractivity contribution in [1.29, 1.82) is 0 Å². The summed E-state index contributed by atoms with van der Waals surface area (Å²) in [5.74, 6) is 4.29. The Morgan fingerprint density at radius 2 is 1.93 bits per heavy atom. The second-order valence-electron chi connectivity index (χ2n) is 5.45. The number of allylic oxidation sites excluding steroid dienone is 1. The zero-order valence-corrected chi connectivity index (χ0v) is 8.61. The van der Waals surface area contributed by atoms with E-state index in [1.54, 1.807) is 0 Å². The van der Waals surface area contributed by atoms with Gasteiger partial charge in [-0.1, -0.05) is 13.0 Å². The summed E-state index contributed by atoms with van der Waals surface area (Å²) in [6.07, 6.45) is 7.98. The summed E-state index contributed by atoms with van der Waals surface area (Å²) < 4.78 is 0. The first-order valence-electron chi connectivity index (χ1n) is 5.95. The monoisotopic (exact) mass is 190 g/mol. The van der Waals surface area contributed by atoms with Crippen LogP contribution in [-0.4, -0.2) is 6.29 Å². The van der Waals surface area contributed by atoms with Crippen molar-refractivity contribution < 1.29 is 4.79 Å². The van der Waals surface area contributed by atoms with Gasteiger partial charge in [-0.3, -0.25) is 4.79 Å². The van der Waals surface area contributed by atoms with Gasteiger partial charge in [-0.25, -0.2) is 0 Å². The van der Waals surface area contributed by atoms with Gasteiger partial charge in [0.25, 0.3) is 0 Å². The van der Waals surface area contributed by atoms with Gasteiger partial charge >= 0.3 is 0 Å². The van der Waals surface area contributed by atoms with E-state index < -0.39 is 0 Å². The molecule has 0 aliphatic heterocycles. The van der Waals surface area contributed by atoms with E-state index in [-0.39, 0.29) is 0 Å². The topological polar surface area (TPSA) is 17.1 Å². The number of hydrogen-bond donors (Lipinski definition) is 0. The molecule has 0 aromatic rings. The molecule has 0 amide bonds. The molecule has 0 aromatic heterocycles. The van der Waals surface area contributed by atoms with Crippen LogP contribution in [0.2, 0.25) is 0 Å². The molecule has 3 rings (SSSR count). The maximum Gasteiger partial charge on any atom is 0.145 e. The molecule has 0 aromatic carbocycles. The van der Waals surface area contributed by atoms with E-state index in [9.17, 15) is 4.79 Å². The van der Waals surface area contributed by atoms with Crippen LogP contribution in [0.1, 0.15) is 32.1 Å². The second-order valence-corrected chi connectivity index (χ2v) is 5.45. The van der Waals surface area contributed by atoms with Crippen LogP contribution >= 0.6 is 0 Å². The molecule has 0 N–H and O–H groups in total. The van der Waals surface area contributed by atoms with Gasteiger partial charge in [0.1, 0.15) is 6.29 Å². The first kappa shape index (κ1) is 8.70. The van der Waals surface area contributed by atoms with Crippen molar-refractivity contribution >= 4 is 6.29 Å². The van der Waals surface area contributed by atoms with Gasteiger partial charge in [-0.2, -0.15) is 0 Å². The predicted octanol–water partition coefficient (Wildman–Crippen LogP) is 2.81. The number of fused-ring (bicyclic) bond motifs is 5. The van der Waals surface area contributed by atoms with Crippen molar-refractivity contribution in [2.75, 3.05) is 0 Å². The van der Waals surface area contributed by atoms with Crippen LogP contribution in [0.5, 0.6) is 0 Å². The highest BCUT2D eigenvalue weighted by atomic mass is 16.1. The van der Waals surface area contributed by atoms with Crippen LogP contribution in [0.25, 0.3) is 0 Å². The Morgan fingerprint density at radius 3 is 2.71 bits per heavy atom. The molecule has 14 heavy (non-hydrogen) atoms. The van der Waals surface area contributed by atoms with Gasteiger partial charge in [0.2, 0.25) is 0 Å². The largest absolute Gasteiger partial charge is 0.298 e. The fourth-order valence-electron chi connectivity index (χ4n) is 4.58. The van der Waals surface area contributed by atoms with Crippen LogP contribution in [0.4, 0.5) is 0 Å². The molecule has 1 nitrogen and oxygen atoms in total. The fraction of sp³-hybridized carbons (Fsp3) is 0.769.